The Morgan fingerprint density at radius 2 is 1.88 bits per heavy atom. The van der Waals surface area contributed by atoms with Gasteiger partial charge < -0.3 is 25.4 Å². The number of nitrogens with zero attached hydrogens (tertiary/aromatic N) is 2. The number of benzene rings is 2. The lowest BCUT2D eigenvalue weighted by molar-refractivity contribution is -0.140. The Kier molecular flexibility index (Phi) is 7.38. The maximum absolute atomic E-state index is 13.5. The van der Waals surface area contributed by atoms with Crippen LogP contribution in [0.15, 0.2) is 48.5 Å². The number of para-hydroxylation sites is 1. The van der Waals surface area contributed by atoms with Gasteiger partial charge in [-0.15, -0.1) is 0 Å². The fourth-order valence-corrected chi connectivity index (χ4v) is 4.63. The third-order valence-corrected chi connectivity index (χ3v) is 6.61. The van der Waals surface area contributed by atoms with Crippen molar-refractivity contribution in [2.75, 3.05) is 43.0 Å². The van der Waals surface area contributed by atoms with Crippen LogP contribution in [0.2, 0.25) is 0 Å². The van der Waals surface area contributed by atoms with Crippen LogP contribution >= 0.6 is 0 Å². The number of carbonyl (C=O) groups excluding carboxylic acids is 2. The van der Waals surface area contributed by atoms with Crippen LogP contribution in [0, 0.1) is 5.92 Å². The van der Waals surface area contributed by atoms with E-state index in [1.807, 2.05) is 6.92 Å². The minimum atomic E-state index is -2.19. The first-order valence-electron chi connectivity index (χ1n) is 12.1. The summed E-state index contributed by atoms with van der Waals surface area (Å²) in [5.74, 6) is 0.788. The summed E-state index contributed by atoms with van der Waals surface area (Å²) < 4.78 is 5.49. The molecule has 2 aliphatic heterocycles. The van der Waals surface area contributed by atoms with E-state index in [0.717, 1.165) is 36.9 Å². The second-order valence-corrected chi connectivity index (χ2v) is 9.04. The van der Waals surface area contributed by atoms with Gasteiger partial charge in [-0.1, -0.05) is 25.1 Å². The van der Waals surface area contributed by atoms with Crippen LogP contribution in [0.3, 0.4) is 0 Å². The molecule has 8 heteroatoms. The molecule has 34 heavy (non-hydrogen) atoms. The molecule has 182 valence electrons. The Morgan fingerprint density at radius 1 is 1.18 bits per heavy atom. The number of rotatable bonds is 8. The SMILES string of the molecule is CCOc1ccc(N2C(=O)Nc3ccccc3C2(O)C(=O)NCCCN2CCC(C)CC2)cc1. The summed E-state index contributed by atoms with van der Waals surface area (Å²) in [5, 5.41) is 17.5. The van der Waals surface area contributed by atoms with Gasteiger partial charge in [-0.2, -0.15) is 0 Å². The lowest BCUT2D eigenvalue weighted by Gasteiger charge is -2.42. The maximum atomic E-state index is 13.5. The summed E-state index contributed by atoms with van der Waals surface area (Å²) in [5.41, 5.74) is -1.07. The van der Waals surface area contributed by atoms with Crippen molar-refractivity contribution in [2.24, 2.45) is 5.92 Å². The molecule has 2 aliphatic rings. The van der Waals surface area contributed by atoms with E-state index in [4.69, 9.17) is 4.74 Å². The smallest absolute Gasteiger partial charge is 0.329 e. The highest BCUT2D eigenvalue weighted by Gasteiger charge is 2.51. The van der Waals surface area contributed by atoms with Crippen molar-refractivity contribution in [1.29, 1.82) is 0 Å². The fraction of sp³-hybridized carbons (Fsp3) is 0.462. The van der Waals surface area contributed by atoms with Crippen molar-refractivity contribution in [3.05, 3.63) is 54.1 Å². The molecule has 8 nitrogen and oxygen atoms in total. The van der Waals surface area contributed by atoms with Crippen molar-refractivity contribution in [1.82, 2.24) is 10.2 Å². The highest BCUT2D eigenvalue weighted by Crippen LogP contribution is 2.40. The summed E-state index contributed by atoms with van der Waals surface area (Å²) >= 11 is 0. The van der Waals surface area contributed by atoms with Gasteiger partial charge in [0.25, 0.3) is 11.6 Å². The topological polar surface area (TPSA) is 94.1 Å². The number of ether oxygens (including phenoxy) is 1. The molecule has 0 spiro atoms. The number of carbonyl (C=O) groups is 2. The zero-order chi connectivity index (χ0) is 24.1. The van der Waals surface area contributed by atoms with Crippen LogP contribution in [-0.4, -0.2) is 54.7 Å². The Labute approximate surface area is 200 Å². The molecule has 0 aliphatic carbocycles. The molecule has 4 rings (SSSR count). The minimum absolute atomic E-state index is 0.325. The summed E-state index contributed by atoms with van der Waals surface area (Å²) in [6.45, 7) is 8.15. The standard InChI is InChI=1S/C26H34N4O4/c1-3-34-21-11-9-20(10-12-21)30-25(32)28-23-8-5-4-7-22(23)26(30,33)24(31)27-15-6-16-29-17-13-19(2)14-18-29/h4-5,7-12,19,33H,3,6,13-18H2,1-2H3,(H,27,31)(H,28,32). The summed E-state index contributed by atoms with van der Waals surface area (Å²) in [6, 6.07) is 13.0. The molecule has 0 bridgehead atoms. The first kappa shape index (κ1) is 24.0. The zero-order valence-corrected chi connectivity index (χ0v) is 19.9. The summed E-state index contributed by atoms with van der Waals surface area (Å²) in [7, 11) is 0. The number of aliphatic hydroxyl groups is 1. The van der Waals surface area contributed by atoms with E-state index < -0.39 is 17.7 Å². The van der Waals surface area contributed by atoms with E-state index in [9.17, 15) is 14.7 Å². The minimum Gasteiger partial charge on any atom is -0.494 e. The highest BCUT2D eigenvalue weighted by molar-refractivity contribution is 6.11. The van der Waals surface area contributed by atoms with Gasteiger partial charge in [0.05, 0.1) is 12.3 Å². The van der Waals surface area contributed by atoms with Gasteiger partial charge in [0.2, 0.25) is 0 Å². The molecular formula is C26H34N4O4. The van der Waals surface area contributed by atoms with E-state index >= 15 is 0 Å². The Hall–Kier alpha value is -3.10. The number of nitrogens with one attached hydrogen (secondary N) is 2. The van der Waals surface area contributed by atoms with Gasteiger partial charge in [0.1, 0.15) is 5.75 Å². The van der Waals surface area contributed by atoms with E-state index in [2.05, 4.69) is 22.5 Å². The number of hydrogen-bond donors (Lipinski definition) is 3. The van der Waals surface area contributed by atoms with Crippen LogP contribution in [0.5, 0.6) is 5.75 Å². The summed E-state index contributed by atoms with van der Waals surface area (Å²) in [6.07, 6.45) is 3.18. The summed E-state index contributed by atoms with van der Waals surface area (Å²) in [4.78, 5) is 30.1. The number of urea groups is 1. The molecule has 2 heterocycles. The number of fused-ring (bicyclic) bond motifs is 1. The van der Waals surface area contributed by atoms with Gasteiger partial charge in [-0.25, -0.2) is 4.79 Å². The average molecular weight is 467 g/mol. The molecular weight excluding hydrogens is 432 g/mol. The second-order valence-electron chi connectivity index (χ2n) is 9.04. The quantitative estimate of drug-likeness (QED) is 0.518. The van der Waals surface area contributed by atoms with Gasteiger partial charge in [-0.05, 0) is 82.1 Å². The molecule has 2 aromatic rings. The van der Waals surface area contributed by atoms with E-state index in [1.54, 1.807) is 48.5 Å². The molecule has 3 N–H and O–H groups in total. The fourth-order valence-electron chi connectivity index (χ4n) is 4.63. The normalized spacial score (nSPS) is 21.0. The number of likely N-dealkylation sites (tertiary alicyclic amines) is 1. The van der Waals surface area contributed by atoms with E-state index in [1.165, 1.54) is 12.8 Å². The second kappa shape index (κ2) is 10.4. The van der Waals surface area contributed by atoms with Crippen LogP contribution < -0.4 is 20.3 Å². The Morgan fingerprint density at radius 3 is 2.59 bits per heavy atom. The number of piperidine rings is 1. The van der Waals surface area contributed by atoms with Crippen LogP contribution in [0.4, 0.5) is 16.2 Å². The zero-order valence-electron chi connectivity index (χ0n) is 19.9. The Bertz CT molecular complexity index is 1000. The van der Waals surface area contributed by atoms with Gasteiger partial charge >= 0.3 is 6.03 Å². The molecule has 1 saturated heterocycles. The van der Waals surface area contributed by atoms with Gasteiger partial charge in [-0.3, -0.25) is 9.69 Å². The molecule has 0 aromatic heterocycles. The lowest BCUT2D eigenvalue weighted by Crippen LogP contribution is -2.62. The average Bonchev–Trinajstić information content (AvgIpc) is 2.84. The van der Waals surface area contributed by atoms with Crippen molar-refractivity contribution in [2.45, 2.75) is 38.8 Å². The van der Waals surface area contributed by atoms with Gasteiger partial charge in [0.15, 0.2) is 0 Å². The Balaban J connectivity index is 1.52. The molecule has 1 unspecified atom stereocenters. The van der Waals surface area contributed by atoms with Gasteiger partial charge in [0, 0.05) is 17.8 Å². The molecule has 1 fully saturated rings. The van der Waals surface area contributed by atoms with Crippen LogP contribution in [0.25, 0.3) is 0 Å². The van der Waals surface area contributed by atoms with Crippen LogP contribution in [-0.2, 0) is 10.5 Å². The van der Waals surface area contributed by atoms with Crippen molar-refractivity contribution in [3.8, 4) is 5.75 Å². The maximum Gasteiger partial charge on any atom is 0.329 e. The third-order valence-electron chi connectivity index (χ3n) is 6.61. The predicted molar refractivity (Wildman–Crippen MR) is 132 cm³/mol. The lowest BCUT2D eigenvalue weighted by atomic mass is 9.94. The van der Waals surface area contributed by atoms with Crippen molar-refractivity contribution < 1.29 is 19.4 Å². The number of anilines is 2. The first-order chi connectivity index (χ1) is 16.4. The molecule has 3 amide bonds. The predicted octanol–water partition coefficient (Wildman–Crippen LogP) is 3.52. The molecule has 1 atom stereocenters. The van der Waals surface area contributed by atoms with E-state index in [-0.39, 0.29) is 0 Å². The first-order valence-corrected chi connectivity index (χ1v) is 12.1. The largest absolute Gasteiger partial charge is 0.494 e. The number of amides is 3. The molecule has 0 saturated carbocycles. The van der Waals surface area contributed by atoms with Crippen molar-refractivity contribution >= 4 is 23.3 Å². The highest BCUT2D eigenvalue weighted by atomic mass is 16.5. The monoisotopic (exact) mass is 466 g/mol. The third kappa shape index (κ3) is 4.88. The van der Waals surface area contributed by atoms with Crippen LogP contribution in [0.1, 0.15) is 38.7 Å². The molecule has 2 aromatic carbocycles. The molecule has 0 radical (unpaired) electrons. The van der Waals surface area contributed by atoms with E-state index in [0.29, 0.717) is 35.8 Å². The van der Waals surface area contributed by atoms with Crippen molar-refractivity contribution in [3.63, 3.8) is 0 Å². The number of hydrogen-bond acceptors (Lipinski definition) is 5.